The molecule has 2 aliphatic rings. The topological polar surface area (TPSA) is 15.3 Å². The second-order valence-corrected chi connectivity index (χ2v) is 6.29. The summed E-state index contributed by atoms with van der Waals surface area (Å²) in [5, 5.41) is 3.31. The Balaban J connectivity index is 0.00000147. The third kappa shape index (κ3) is 4.21. The SMILES string of the molecule is CNCC1CCN(Cc2ccc(C3CC3)cc2)CC1.Cl. The van der Waals surface area contributed by atoms with Crippen LogP contribution in [0.5, 0.6) is 0 Å². The molecule has 1 saturated carbocycles. The average Bonchev–Trinajstić information content (AvgIpc) is 3.27. The molecule has 0 spiro atoms. The summed E-state index contributed by atoms with van der Waals surface area (Å²) in [6.45, 7) is 4.84. The number of hydrogen-bond donors (Lipinski definition) is 1. The molecule has 0 unspecified atom stereocenters. The van der Waals surface area contributed by atoms with Gasteiger partial charge in [0.1, 0.15) is 0 Å². The summed E-state index contributed by atoms with van der Waals surface area (Å²) >= 11 is 0. The van der Waals surface area contributed by atoms with Gasteiger partial charge in [0.15, 0.2) is 0 Å². The van der Waals surface area contributed by atoms with Crippen molar-refractivity contribution in [3.8, 4) is 0 Å². The van der Waals surface area contributed by atoms with E-state index in [1.54, 1.807) is 5.56 Å². The van der Waals surface area contributed by atoms with Crippen LogP contribution in [-0.2, 0) is 6.54 Å². The van der Waals surface area contributed by atoms with Gasteiger partial charge < -0.3 is 5.32 Å². The normalized spacial score (nSPS) is 20.6. The summed E-state index contributed by atoms with van der Waals surface area (Å²) in [7, 11) is 2.06. The van der Waals surface area contributed by atoms with E-state index in [-0.39, 0.29) is 12.4 Å². The second-order valence-electron chi connectivity index (χ2n) is 6.29. The zero-order valence-electron chi connectivity index (χ0n) is 12.5. The van der Waals surface area contributed by atoms with Crippen LogP contribution in [0.2, 0.25) is 0 Å². The smallest absolute Gasteiger partial charge is 0.0233 e. The van der Waals surface area contributed by atoms with Gasteiger partial charge in [0, 0.05) is 6.54 Å². The van der Waals surface area contributed by atoms with E-state index in [0.29, 0.717) is 0 Å². The van der Waals surface area contributed by atoms with E-state index >= 15 is 0 Å². The van der Waals surface area contributed by atoms with Crippen LogP contribution in [-0.4, -0.2) is 31.6 Å². The van der Waals surface area contributed by atoms with Crippen LogP contribution in [0.3, 0.4) is 0 Å². The Hall–Kier alpha value is -0.570. The summed E-state index contributed by atoms with van der Waals surface area (Å²) in [4.78, 5) is 2.61. The fourth-order valence-corrected chi connectivity index (χ4v) is 3.21. The van der Waals surface area contributed by atoms with Gasteiger partial charge in [0.25, 0.3) is 0 Å². The van der Waals surface area contributed by atoms with Gasteiger partial charge in [0.2, 0.25) is 0 Å². The van der Waals surface area contributed by atoms with E-state index < -0.39 is 0 Å². The quantitative estimate of drug-likeness (QED) is 0.895. The molecule has 1 aromatic carbocycles. The monoisotopic (exact) mass is 294 g/mol. The van der Waals surface area contributed by atoms with Crippen LogP contribution in [0, 0.1) is 5.92 Å². The summed E-state index contributed by atoms with van der Waals surface area (Å²) < 4.78 is 0. The summed E-state index contributed by atoms with van der Waals surface area (Å²) in [5.74, 6) is 1.77. The van der Waals surface area contributed by atoms with Crippen molar-refractivity contribution in [3.05, 3.63) is 35.4 Å². The highest BCUT2D eigenvalue weighted by molar-refractivity contribution is 5.85. The first-order valence-corrected chi connectivity index (χ1v) is 7.81. The molecule has 1 heterocycles. The minimum atomic E-state index is 0. The van der Waals surface area contributed by atoms with Gasteiger partial charge in [-0.05, 0) is 75.3 Å². The lowest BCUT2D eigenvalue weighted by atomic mass is 9.96. The van der Waals surface area contributed by atoms with Crippen molar-refractivity contribution in [1.82, 2.24) is 10.2 Å². The Bertz CT molecular complexity index is 392. The van der Waals surface area contributed by atoms with Crippen LogP contribution >= 0.6 is 12.4 Å². The molecule has 0 radical (unpaired) electrons. The number of nitrogens with one attached hydrogen (secondary N) is 1. The highest BCUT2D eigenvalue weighted by Gasteiger charge is 2.23. The molecule has 1 saturated heterocycles. The highest BCUT2D eigenvalue weighted by atomic mass is 35.5. The molecule has 3 heteroatoms. The zero-order valence-corrected chi connectivity index (χ0v) is 13.3. The molecule has 20 heavy (non-hydrogen) atoms. The van der Waals surface area contributed by atoms with E-state index in [9.17, 15) is 0 Å². The maximum Gasteiger partial charge on any atom is 0.0233 e. The number of benzene rings is 1. The Morgan fingerprint density at radius 1 is 1.05 bits per heavy atom. The third-order valence-electron chi connectivity index (χ3n) is 4.63. The van der Waals surface area contributed by atoms with Crippen LogP contribution < -0.4 is 5.32 Å². The summed E-state index contributed by atoms with van der Waals surface area (Å²) in [5.41, 5.74) is 3.04. The maximum atomic E-state index is 3.31. The lowest BCUT2D eigenvalue weighted by Gasteiger charge is -2.31. The summed E-state index contributed by atoms with van der Waals surface area (Å²) in [6.07, 6.45) is 5.50. The lowest BCUT2D eigenvalue weighted by Crippen LogP contribution is -2.36. The molecule has 112 valence electrons. The van der Waals surface area contributed by atoms with E-state index in [4.69, 9.17) is 0 Å². The van der Waals surface area contributed by atoms with Crippen molar-refractivity contribution in [2.75, 3.05) is 26.7 Å². The van der Waals surface area contributed by atoms with Gasteiger partial charge in [-0.2, -0.15) is 0 Å². The Labute approximate surface area is 129 Å². The molecule has 0 bridgehead atoms. The predicted molar refractivity (Wildman–Crippen MR) is 87.6 cm³/mol. The number of halogens is 1. The molecule has 0 atom stereocenters. The first-order valence-electron chi connectivity index (χ1n) is 7.81. The number of nitrogens with zero attached hydrogens (tertiary/aromatic N) is 1. The first-order chi connectivity index (χ1) is 9.35. The van der Waals surface area contributed by atoms with Crippen molar-refractivity contribution in [3.63, 3.8) is 0 Å². The molecule has 0 amide bonds. The van der Waals surface area contributed by atoms with E-state index in [1.165, 1.54) is 50.9 Å². The third-order valence-corrected chi connectivity index (χ3v) is 4.63. The number of piperidine rings is 1. The minimum Gasteiger partial charge on any atom is -0.319 e. The van der Waals surface area contributed by atoms with E-state index in [0.717, 1.165) is 18.4 Å². The molecule has 2 nitrogen and oxygen atoms in total. The zero-order chi connectivity index (χ0) is 13.1. The molecule has 0 aromatic heterocycles. The largest absolute Gasteiger partial charge is 0.319 e. The van der Waals surface area contributed by atoms with Gasteiger partial charge in [-0.15, -0.1) is 12.4 Å². The standard InChI is InChI=1S/C17H26N2.ClH/c1-18-12-14-8-10-19(11-9-14)13-15-2-4-16(5-3-15)17-6-7-17;/h2-5,14,17-18H,6-13H2,1H3;1H. The minimum absolute atomic E-state index is 0. The van der Waals surface area contributed by atoms with Gasteiger partial charge in [-0.25, -0.2) is 0 Å². The number of rotatable bonds is 5. The molecule has 2 fully saturated rings. The Morgan fingerprint density at radius 3 is 2.25 bits per heavy atom. The van der Waals surface area contributed by atoms with Gasteiger partial charge in [-0.1, -0.05) is 24.3 Å². The number of hydrogen-bond acceptors (Lipinski definition) is 2. The Kier molecular flexibility index (Phi) is 5.88. The fraction of sp³-hybridized carbons (Fsp3) is 0.647. The van der Waals surface area contributed by atoms with Crippen LogP contribution in [0.1, 0.15) is 42.7 Å². The lowest BCUT2D eigenvalue weighted by molar-refractivity contribution is 0.177. The van der Waals surface area contributed by atoms with Crippen molar-refractivity contribution >= 4 is 12.4 Å². The van der Waals surface area contributed by atoms with Crippen LogP contribution in [0.25, 0.3) is 0 Å². The number of likely N-dealkylation sites (tertiary alicyclic amines) is 1. The maximum absolute atomic E-state index is 3.31. The van der Waals surface area contributed by atoms with Crippen molar-refractivity contribution < 1.29 is 0 Å². The molecule has 1 aliphatic carbocycles. The highest BCUT2D eigenvalue weighted by Crippen LogP contribution is 2.39. The van der Waals surface area contributed by atoms with Crippen LogP contribution in [0.4, 0.5) is 0 Å². The summed E-state index contributed by atoms with van der Waals surface area (Å²) in [6, 6.07) is 9.38. The van der Waals surface area contributed by atoms with Gasteiger partial charge >= 0.3 is 0 Å². The molecule has 3 rings (SSSR count). The molecule has 1 N–H and O–H groups in total. The van der Waals surface area contributed by atoms with E-state index in [1.807, 2.05) is 0 Å². The average molecular weight is 295 g/mol. The van der Waals surface area contributed by atoms with Crippen molar-refractivity contribution in [2.45, 2.75) is 38.1 Å². The van der Waals surface area contributed by atoms with Gasteiger partial charge in [0.05, 0.1) is 0 Å². The fourth-order valence-electron chi connectivity index (χ4n) is 3.21. The predicted octanol–water partition coefficient (Wildman–Crippen LogP) is 3.42. The van der Waals surface area contributed by atoms with Crippen molar-refractivity contribution in [1.29, 1.82) is 0 Å². The molecule has 1 aromatic rings. The van der Waals surface area contributed by atoms with Gasteiger partial charge in [-0.3, -0.25) is 4.90 Å². The first kappa shape index (κ1) is 15.8. The Morgan fingerprint density at radius 2 is 1.70 bits per heavy atom. The van der Waals surface area contributed by atoms with E-state index in [2.05, 4.69) is 41.5 Å². The molecular weight excluding hydrogens is 268 g/mol. The van der Waals surface area contributed by atoms with Crippen LogP contribution in [0.15, 0.2) is 24.3 Å². The molecule has 1 aliphatic heterocycles. The molecular formula is C17H27ClN2. The van der Waals surface area contributed by atoms with Crippen molar-refractivity contribution in [2.24, 2.45) is 5.92 Å². The second kappa shape index (κ2) is 7.44.